The van der Waals surface area contributed by atoms with Crippen LogP contribution in [0.25, 0.3) is 0 Å². The van der Waals surface area contributed by atoms with Gasteiger partial charge in [-0.1, -0.05) is 54.1 Å². The average Bonchev–Trinajstić information content (AvgIpc) is 3.30. The molecule has 0 spiro atoms. The van der Waals surface area contributed by atoms with Crippen LogP contribution in [0.5, 0.6) is 5.75 Å². The van der Waals surface area contributed by atoms with Gasteiger partial charge in [0.05, 0.1) is 18.2 Å². The fourth-order valence-electron chi connectivity index (χ4n) is 5.38. The SMILES string of the molecule is Cc1ccc([C@]23OC[C@H]4[C@H]([C@@H]5C=C[C@H]4C5)N2C(=O)c2ccccc2O3)cc1. The van der Waals surface area contributed by atoms with E-state index in [1.165, 1.54) is 5.56 Å². The number of carbonyl (C=O) groups is 1. The number of hydrogen-bond donors (Lipinski definition) is 0. The number of aryl methyl sites for hydroxylation is 1. The molecule has 5 atom stereocenters. The molecule has 4 aliphatic rings. The molecule has 2 heterocycles. The molecule has 2 fully saturated rings. The molecule has 6 rings (SSSR count). The van der Waals surface area contributed by atoms with Crippen LogP contribution in [0.4, 0.5) is 0 Å². The first-order valence-corrected chi connectivity index (χ1v) is 9.68. The molecule has 1 saturated heterocycles. The summed E-state index contributed by atoms with van der Waals surface area (Å²) in [6.45, 7) is 2.66. The van der Waals surface area contributed by atoms with Crippen molar-refractivity contribution in [2.24, 2.45) is 17.8 Å². The van der Waals surface area contributed by atoms with Gasteiger partial charge in [-0.25, -0.2) is 0 Å². The number of para-hydroxylation sites is 1. The predicted molar refractivity (Wildman–Crippen MR) is 100 cm³/mol. The second-order valence-electron chi connectivity index (χ2n) is 8.13. The van der Waals surface area contributed by atoms with Crippen LogP contribution in [0.15, 0.2) is 60.7 Å². The summed E-state index contributed by atoms with van der Waals surface area (Å²) in [4.78, 5) is 15.6. The zero-order chi connectivity index (χ0) is 18.2. The second-order valence-corrected chi connectivity index (χ2v) is 8.13. The number of benzene rings is 2. The van der Waals surface area contributed by atoms with Crippen LogP contribution in [0, 0.1) is 24.7 Å². The van der Waals surface area contributed by atoms with Crippen molar-refractivity contribution in [3.8, 4) is 5.75 Å². The zero-order valence-corrected chi connectivity index (χ0v) is 15.2. The van der Waals surface area contributed by atoms with Crippen molar-refractivity contribution in [1.82, 2.24) is 4.90 Å². The third-order valence-corrected chi connectivity index (χ3v) is 6.66. The molecule has 0 radical (unpaired) electrons. The number of rotatable bonds is 1. The van der Waals surface area contributed by atoms with Gasteiger partial charge >= 0.3 is 5.91 Å². The van der Waals surface area contributed by atoms with Crippen molar-refractivity contribution in [2.75, 3.05) is 6.61 Å². The van der Waals surface area contributed by atoms with Gasteiger partial charge in [-0.05, 0) is 37.3 Å². The van der Waals surface area contributed by atoms with E-state index >= 15 is 0 Å². The first-order valence-electron chi connectivity index (χ1n) is 9.68. The summed E-state index contributed by atoms with van der Waals surface area (Å²) in [5.74, 6) is 0.645. The Morgan fingerprint density at radius 2 is 1.81 bits per heavy atom. The van der Waals surface area contributed by atoms with Crippen LogP contribution < -0.4 is 4.74 Å². The van der Waals surface area contributed by atoms with Gasteiger partial charge in [0.1, 0.15) is 5.75 Å². The number of hydrogen-bond acceptors (Lipinski definition) is 3. The lowest BCUT2D eigenvalue weighted by Crippen LogP contribution is -2.67. The molecule has 27 heavy (non-hydrogen) atoms. The maximum Gasteiger partial charge on any atom is 0.326 e. The molecule has 136 valence electrons. The van der Waals surface area contributed by atoms with E-state index in [9.17, 15) is 4.79 Å². The van der Waals surface area contributed by atoms with Crippen molar-refractivity contribution < 1.29 is 14.3 Å². The second kappa shape index (κ2) is 5.23. The Balaban J connectivity index is 1.56. The minimum Gasteiger partial charge on any atom is -0.439 e. The standard InChI is InChI=1S/C23H21NO3/c1-14-6-10-17(11-7-14)23-24(22(25)18-4-2-3-5-20(18)27-23)21-16-9-8-15(12-16)19(21)13-26-23/h2-11,15-16,19,21H,12-13H2,1H3/t15-,16+,19+,21-,23+/m0/s1. The van der Waals surface area contributed by atoms with Crippen molar-refractivity contribution in [2.45, 2.75) is 25.3 Å². The fourth-order valence-corrected chi connectivity index (χ4v) is 5.38. The average molecular weight is 359 g/mol. The Morgan fingerprint density at radius 1 is 1.04 bits per heavy atom. The van der Waals surface area contributed by atoms with Gasteiger partial charge in [-0.2, -0.15) is 0 Å². The molecule has 0 unspecified atom stereocenters. The van der Waals surface area contributed by atoms with E-state index in [0.717, 1.165) is 12.0 Å². The molecule has 0 aromatic heterocycles. The predicted octanol–water partition coefficient (Wildman–Crippen LogP) is 3.86. The molecule has 1 amide bonds. The molecule has 2 aliphatic heterocycles. The number of amides is 1. The molecule has 2 aliphatic carbocycles. The first kappa shape index (κ1) is 15.5. The maximum atomic E-state index is 13.7. The highest BCUT2D eigenvalue weighted by Gasteiger charge is 2.62. The van der Waals surface area contributed by atoms with Gasteiger partial charge in [-0.15, -0.1) is 0 Å². The van der Waals surface area contributed by atoms with Gasteiger partial charge in [0.15, 0.2) is 0 Å². The molecule has 4 nitrogen and oxygen atoms in total. The lowest BCUT2D eigenvalue weighted by molar-refractivity contribution is -0.319. The Morgan fingerprint density at radius 3 is 2.67 bits per heavy atom. The van der Waals surface area contributed by atoms with Crippen LogP contribution >= 0.6 is 0 Å². The summed E-state index contributed by atoms with van der Waals surface area (Å²) in [5, 5.41) is 0. The van der Waals surface area contributed by atoms with Crippen LogP contribution in [-0.2, 0) is 10.6 Å². The van der Waals surface area contributed by atoms with Crippen LogP contribution in [0.1, 0.15) is 27.9 Å². The Bertz CT molecular complexity index is 966. The summed E-state index contributed by atoms with van der Waals surface area (Å²) in [5.41, 5.74) is 2.66. The Labute approximate surface area is 158 Å². The van der Waals surface area contributed by atoms with E-state index in [2.05, 4.69) is 19.1 Å². The minimum absolute atomic E-state index is 0.00748. The van der Waals surface area contributed by atoms with E-state index in [1.54, 1.807) is 0 Å². The van der Waals surface area contributed by atoms with Crippen LogP contribution in [-0.4, -0.2) is 23.5 Å². The van der Waals surface area contributed by atoms with E-state index in [0.29, 0.717) is 35.7 Å². The van der Waals surface area contributed by atoms with E-state index < -0.39 is 5.91 Å². The van der Waals surface area contributed by atoms with E-state index in [-0.39, 0.29) is 11.9 Å². The third-order valence-electron chi connectivity index (χ3n) is 6.66. The largest absolute Gasteiger partial charge is 0.439 e. The van der Waals surface area contributed by atoms with Crippen LogP contribution in [0.3, 0.4) is 0 Å². The quantitative estimate of drug-likeness (QED) is 0.726. The topological polar surface area (TPSA) is 38.8 Å². The van der Waals surface area contributed by atoms with Crippen molar-refractivity contribution in [3.63, 3.8) is 0 Å². The van der Waals surface area contributed by atoms with Crippen molar-refractivity contribution >= 4 is 5.91 Å². The maximum absolute atomic E-state index is 13.7. The number of fused-ring (bicyclic) bond motifs is 8. The molecule has 0 N–H and O–H groups in total. The zero-order valence-electron chi connectivity index (χ0n) is 15.2. The van der Waals surface area contributed by atoms with Gasteiger partial charge in [0.25, 0.3) is 5.91 Å². The first-order chi connectivity index (χ1) is 13.2. The number of nitrogens with zero attached hydrogens (tertiary/aromatic N) is 1. The highest BCUT2D eigenvalue weighted by molar-refractivity contribution is 5.98. The molecular formula is C23H21NO3. The summed E-state index contributed by atoms with van der Waals surface area (Å²) in [6.07, 6.45) is 5.69. The normalized spacial score (nSPS) is 35.4. The summed E-state index contributed by atoms with van der Waals surface area (Å²) in [6, 6.07) is 15.8. The van der Waals surface area contributed by atoms with Gasteiger partial charge in [0, 0.05) is 11.5 Å². The van der Waals surface area contributed by atoms with Crippen molar-refractivity contribution in [1.29, 1.82) is 0 Å². The van der Waals surface area contributed by atoms with Gasteiger partial charge in [-0.3, -0.25) is 9.69 Å². The number of ether oxygens (including phenoxy) is 2. The smallest absolute Gasteiger partial charge is 0.326 e. The van der Waals surface area contributed by atoms with Crippen molar-refractivity contribution in [3.05, 3.63) is 77.4 Å². The molecule has 4 heteroatoms. The highest BCUT2D eigenvalue weighted by atomic mass is 16.7. The lowest BCUT2D eigenvalue weighted by Gasteiger charge is -2.55. The van der Waals surface area contributed by atoms with Crippen LogP contribution in [0.2, 0.25) is 0 Å². The molecule has 1 saturated carbocycles. The van der Waals surface area contributed by atoms with Gasteiger partial charge in [0.2, 0.25) is 0 Å². The minimum atomic E-state index is -1.18. The summed E-state index contributed by atoms with van der Waals surface area (Å²) >= 11 is 0. The Hall–Kier alpha value is -2.59. The number of allylic oxidation sites excluding steroid dienone is 1. The monoisotopic (exact) mass is 359 g/mol. The highest BCUT2D eigenvalue weighted by Crippen LogP contribution is 2.55. The van der Waals surface area contributed by atoms with E-state index in [1.807, 2.05) is 53.4 Å². The molecular weight excluding hydrogens is 338 g/mol. The molecule has 2 aromatic carbocycles. The summed E-state index contributed by atoms with van der Waals surface area (Å²) < 4.78 is 12.9. The summed E-state index contributed by atoms with van der Waals surface area (Å²) in [7, 11) is 0. The third kappa shape index (κ3) is 1.94. The van der Waals surface area contributed by atoms with E-state index in [4.69, 9.17) is 9.47 Å². The fraction of sp³-hybridized carbons (Fsp3) is 0.348. The van der Waals surface area contributed by atoms with Gasteiger partial charge < -0.3 is 9.47 Å². The Kier molecular flexibility index (Phi) is 3.00. The molecule has 2 aromatic rings. The lowest BCUT2D eigenvalue weighted by atomic mass is 9.84. The number of carbonyl (C=O) groups excluding carboxylic acids is 1. The molecule has 2 bridgehead atoms.